The lowest BCUT2D eigenvalue weighted by Gasteiger charge is -2.07. The Hall–Kier alpha value is -2.86. The smallest absolute Gasteiger partial charge is 0.322 e. The number of halogens is 2. The van der Waals surface area contributed by atoms with Crippen LogP contribution in [-0.2, 0) is 9.59 Å². The van der Waals surface area contributed by atoms with Gasteiger partial charge in [-0.25, -0.2) is 0 Å². The van der Waals surface area contributed by atoms with Gasteiger partial charge < -0.3 is 9.47 Å². The molecular weight excluding hydrogens is 496 g/mol. The molecule has 0 fully saturated rings. The molecule has 0 aromatic heterocycles. The lowest BCUT2D eigenvalue weighted by atomic mass is 10.3. The van der Waals surface area contributed by atoms with Crippen molar-refractivity contribution in [3.63, 3.8) is 0 Å². The number of nitrogens with zero attached hydrogens (tertiary/aromatic N) is 2. The van der Waals surface area contributed by atoms with Crippen LogP contribution in [0.3, 0.4) is 0 Å². The summed E-state index contributed by atoms with van der Waals surface area (Å²) in [5.74, 6) is -2.94. The van der Waals surface area contributed by atoms with E-state index in [0.29, 0.717) is 8.95 Å². The van der Waals surface area contributed by atoms with E-state index in [1.165, 1.54) is 24.3 Å². The number of nitro benzene ring substituents is 2. The summed E-state index contributed by atoms with van der Waals surface area (Å²) in [5.41, 5.74) is -0.954. The van der Waals surface area contributed by atoms with E-state index in [4.69, 9.17) is 9.47 Å². The van der Waals surface area contributed by atoms with Crippen molar-refractivity contribution in [2.24, 2.45) is 0 Å². The highest BCUT2D eigenvalue weighted by Crippen LogP contribution is 2.31. The minimum absolute atomic E-state index is 0.351. The van der Waals surface area contributed by atoms with E-state index in [-0.39, 0.29) is 11.5 Å². The van der Waals surface area contributed by atoms with Crippen LogP contribution in [0.15, 0.2) is 45.3 Å². The van der Waals surface area contributed by atoms with Gasteiger partial charge in [0.15, 0.2) is 0 Å². The van der Waals surface area contributed by atoms with E-state index < -0.39 is 39.6 Å². The summed E-state index contributed by atoms with van der Waals surface area (Å²) in [6.07, 6.45) is -0.902. The third-order valence-electron chi connectivity index (χ3n) is 2.97. The topological polar surface area (TPSA) is 139 Å². The van der Waals surface area contributed by atoms with Crippen molar-refractivity contribution in [1.82, 2.24) is 0 Å². The van der Waals surface area contributed by atoms with Crippen molar-refractivity contribution >= 4 is 55.2 Å². The Labute approximate surface area is 167 Å². The monoisotopic (exact) mass is 502 g/mol. The van der Waals surface area contributed by atoms with Gasteiger partial charge in [-0.15, -0.1) is 0 Å². The second-order valence-electron chi connectivity index (χ2n) is 4.86. The summed E-state index contributed by atoms with van der Waals surface area (Å²) in [6.45, 7) is 0. The molecule has 2 rings (SSSR count). The Kier molecular flexibility index (Phi) is 6.58. The Balaban J connectivity index is 2.08. The number of ether oxygens (including phenoxy) is 2. The van der Waals surface area contributed by atoms with Crippen LogP contribution in [0, 0.1) is 20.2 Å². The molecule has 0 bridgehead atoms. The van der Waals surface area contributed by atoms with Crippen molar-refractivity contribution in [3.8, 4) is 11.5 Å². The molecular formula is C15H8Br2N2O8. The number of carbonyl (C=O) groups excluding carboxylic acids is 2. The number of benzene rings is 2. The fraction of sp³-hybridized carbons (Fsp3) is 0.0667. The normalized spacial score (nSPS) is 10.1. The zero-order valence-electron chi connectivity index (χ0n) is 13.1. The van der Waals surface area contributed by atoms with Gasteiger partial charge in [0.1, 0.15) is 6.42 Å². The van der Waals surface area contributed by atoms with Gasteiger partial charge >= 0.3 is 23.3 Å². The second-order valence-corrected chi connectivity index (χ2v) is 6.69. The summed E-state index contributed by atoms with van der Waals surface area (Å²) >= 11 is 6.11. The van der Waals surface area contributed by atoms with E-state index in [0.717, 1.165) is 12.1 Å². The predicted octanol–water partition coefficient (Wildman–Crippen LogP) is 3.93. The van der Waals surface area contributed by atoms with Crippen molar-refractivity contribution in [1.29, 1.82) is 0 Å². The van der Waals surface area contributed by atoms with Crippen molar-refractivity contribution < 1.29 is 28.9 Å². The standard InChI is InChI=1S/C15H8Br2N2O8/c16-8-1-3-12(10(5-8)18(22)23)26-14(20)7-15(21)27-13-4-2-9(17)6-11(13)19(24)25/h1-6H,7H2. The van der Waals surface area contributed by atoms with E-state index in [1.807, 2.05) is 0 Å². The highest BCUT2D eigenvalue weighted by molar-refractivity contribution is 9.10. The molecule has 27 heavy (non-hydrogen) atoms. The molecule has 0 aliphatic heterocycles. The number of nitro groups is 2. The SMILES string of the molecule is O=C(CC(=O)Oc1ccc(Br)cc1[N+](=O)[O-])Oc1ccc(Br)cc1[N+](=O)[O-]. The van der Waals surface area contributed by atoms with Gasteiger partial charge in [0.2, 0.25) is 11.5 Å². The Bertz CT molecular complexity index is 872. The molecule has 0 atom stereocenters. The van der Waals surface area contributed by atoms with Crippen LogP contribution in [0.25, 0.3) is 0 Å². The lowest BCUT2D eigenvalue weighted by molar-refractivity contribution is -0.385. The van der Waals surface area contributed by atoms with Gasteiger partial charge in [0.25, 0.3) is 0 Å². The minimum Gasteiger partial charge on any atom is -0.419 e. The van der Waals surface area contributed by atoms with E-state index in [2.05, 4.69) is 31.9 Å². The van der Waals surface area contributed by atoms with Crippen LogP contribution in [-0.4, -0.2) is 21.8 Å². The highest BCUT2D eigenvalue weighted by Gasteiger charge is 2.23. The molecule has 0 spiro atoms. The molecule has 0 aliphatic carbocycles. The van der Waals surface area contributed by atoms with Gasteiger partial charge in [-0.3, -0.25) is 29.8 Å². The number of hydrogen-bond donors (Lipinski definition) is 0. The summed E-state index contributed by atoms with van der Waals surface area (Å²) in [6, 6.07) is 7.46. The average Bonchev–Trinajstić information content (AvgIpc) is 2.57. The van der Waals surface area contributed by atoms with E-state index in [9.17, 15) is 29.8 Å². The van der Waals surface area contributed by atoms with Crippen LogP contribution in [0.5, 0.6) is 11.5 Å². The molecule has 0 amide bonds. The molecule has 0 saturated heterocycles. The van der Waals surface area contributed by atoms with Gasteiger partial charge in [0, 0.05) is 21.1 Å². The summed E-state index contributed by atoms with van der Waals surface area (Å²) in [7, 11) is 0. The first-order valence-electron chi connectivity index (χ1n) is 6.96. The first-order valence-corrected chi connectivity index (χ1v) is 8.55. The molecule has 140 valence electrons. The number of hydrogen-bond acceptors (Lipinski definition) is 8. The fourth-order valence-electron chi connectivity index (χ4n) is 1.87. The van der Waals surface area contributed by atoms with Gasteiger partial charge in [-0.05, 0) is 24.3 Å². The van der Waals surface area contributed by atoms with E-state index >= 15 is 0 Å². The van der Waals surface area contributed by atoms with Gasteiger partial charge in [-0.1, -0.05) is 31.9 Å². The molecule has 10 nitrogen and oxygen atoms in total. The van der Waals surface area contributed by atoms with Crippen molar-refractivity contribution in [2.45, 2.75) is 6.42 Å². The minimum atomic E-state index is -1.12. The molecule has 12 heteroatoms. The summed E-state index contributed by atoms with van der Waals surface area (Å²) in [5, 5.41) is 22.0. The molecule has 0 radical (unpaired) electrons. The second kappa shape index (κ2) is 8.68. The number of carbonyl (C=O) groups is 2. The van der Waals surface area contributed by atoms with E-state index in [1.54, 1.807) is 0 Å². The molecule has 2 aromatic carbocycles. The molecule has 0 aliphatic rings. The summed E-state index contributed by atoms with van der Waals surface area (Å²) < 4.78 is 10.4. The third-order valence-corrected chi connectivity index (χ3v) is 3.96. The van der Waals surface area contributed by atoms with Gasteiger partial charge in [0.05, 0.1) is 9.85 Å². The average molecular weight is 504 g/mol. The maximum atomic E-state index is 11.8. The lowest BCUT2D eigenvalue weighted by Crippen LogP contribution is -2.18. The zero-order chi connectivity index (χ0) is 20.1. The van der Waals surface area contributed by atoms with Gasteiger partial charge in [-0.2, -0.15) is 0 Å². The van der Waals surface area contributed by atoms with Crippen LogP contribution >= 0.6 is 31.9 Å². The van der Waals surface area contributed by atoms with Crippen molar-refractivity contribution in [2.75, 3.05) is 0 Å². The zero-order valence-corrected chi connectivity index (χ0v) is 16.3. The Morgan fingerprint density at radius 3 is 1.52 bits per heavy atom. The first-order chi connectivity index (χ1) is 12.7. The quantitative estimate of drug-likeness (QED) is 0.190. The van der Waals surface area contributed by atoms with Crippen LogP contribution in [0.1, 0.15) is 6.42 Å². The highest BCUT2D eigenvalue weighted by atomic mass is 79.9. The molecule has 2 aromatic rings. The third kappa shape index (κ3) is 5.56. The maximum absolute atomic E-state index is 11.8. The van der Waals surface area contributed by atoms with Crippen LogP contribution in [0.4, 0.5) is 11.4 Å². The number of rotatable bonds is 6. The Morgan fingerprint density at radius 2 is 1.19 bits per heavy atom. The largest absolute Gasteiger partial charge is 0.419 e. The molecule has 0 heterocycles. The van der Waals surface area contributed by atoms with Crippen LogP contribution < -0.4 is 9.47 Å². The predicted molar refractivity (Wildman–Crippen MR) is 97.5 cm³/mol. The first kappa shape index (κ1) is 20.5. The number of esters is 2. The summed E-state index contributed by atoms with van der Waals surface area (Å²) in [4.78, 5) is 44.2. The molecule has 0 N–H and O–H groups in total. The molecule has 0 saturated carbocycles. The fourth-order valence-corrected chi connectivity index (χ4v) is 2.57. The Morgan fingerprint density at radius 1 is 0.815 bits per heavy atom. The van der Waals surface area contributed by atoms with Crippen molar-refractivity contribution in [3.05, 3.63) is 65.6 Å². The van der Waals surface area contributed by atoms with Crippen LogP contribution in [0.2, 0.25) is 0 Å². The molecule has 0 unspecified atom stereocenters. The maximum Gasteiger partial charge on any atom is 0.322 e.